The number of aliphatic hydroxyl groups excluding tert-OH is 1. The van der Waals surface area contributed by atoms with Crippen molar-refractivity contribution in [2.75, 3.05) is 40.6 Å². The summed E-state index contributed by atoms with van der Waals surface area (Å²) in [6, 6.07) is 8.61. The SMILES string of the molecule is COCCOCC(O)CNC(C(=O)OC)c1ccccc1. The molecule has 0 amide bonds. The van der Waals surface area contributed by atoms with E-state index in [0.717, 1.165) is 5.56 Å². The van der Waals surface area contributed by atoms with E-state index in [4.69, 9.17) is 14.2 Å². The fourth-order valence-electron chi connectivity index (χ4n) is 1.78. The predicted octanol–water partition coefficient (Wildman–Crippen LogP) is 0.514. The van der Waals surface area contributed by atoms with Crippen LogP contribution in [0.1, 0.15) is 11.6 Å². The Labute approximate surface area is 125 Å². The van der Waals surface area contributed by atoms with Crippen LogP contribution in [-0.2, 0) is 19.0 Å². The van der Waals surface area contributed by atoms with Gasteiger partial charge >= 0.3 is 5.97 Å². The van der Waals surface area contributed by atoms with Gasteiger partial charge in [0.25, 0.3) is 0 Å². The third kappa shape index (κ3) is 6.68. The minimum Gasteiger partial charge on any atom is -0.468 e. The van der Waals surface area contributed by atoms with Gasteiger partial charge in [-0.25, -0.2) is 4.79 Å². The standard InChI is InChI=1S/C15H23NO5/c1-19-8-9-21-11-13(17)10-16-14(15(18)20-2)12-6-4-3-5-7-12/h3-7,13-14,16-17H,8-11H2,1-2H3. The molecular weight excluding hydrogens is 274 g/mol. The topological polar surface area (TPSA) is 77.0 Å². The molecule has 118 valence electrons. The van der Waals surface area contributed by atoms with Gasteiger partial charge in [0.1, 0.15) is 6.04 Å². The van der Waals surface area contributed by atoms with E-state index in [2.05, 4.69) is 5.32 Å². The van der Waals surface area contributed by atoms with Crippen molar-refractivity contribution in [3.63, 3.8) is 0 Å². The molecular formula is C15H23NO5. The monoisotopic (exact) mass is 297 g/mol. The van der Waals surface area contributed by atoms with E-state index in [1.807, 2.05) is 30.3 Å². The molecule has 0 radical (unpaired) electrons. The molecule has 0 aliphatic carbocycles. The van der Waals surface area contributed by atoms with Crippen molar-refractivity contribution in [2.24, 2.45) is 0 Å². The van der Waals surface area contributed by atoms with Crippen LogP contribution in [-0.4, -0.2) is 57.8 Å². The van der Waals surface area contributed by atoms with E-state index < -0.39 is 18.1 Å². The normalized spacial score (nSPS) is 13.7. The van der Waals surface area contributed by atoms with Gasteiger partial charge in [-0.2, -0.15) is 0 Å². The lowest BCUT2D eigenvalue weighted by Gasteiger charge is -2.19. The van der Waals surface area contributed by atoms with Crippen LogP contribution in [0.25, 0.3) is 0 Å². The summed E-state index contributed by atoms with van der Waals surface area (Å²) in [4.78, 5) is 11.8. The summed E-state index contributed by atoms with van der Waals surface area (Å²) in [6.45, 7) is 1.31. The maximum absolute atomic E-state index is 11.8. The Bertz CT molecular complexity index is 398. The number of carbonyl (C=O) groups excluding carboxylic acids is 1. The molecule has 0 heterocycles. The van der Waals surface area contributed by atoms with E-state index in [-0.39, 0.29) is 13.2 Å². The number of carbonyl (C=O) groups is 1. The summed E-state index contributed by atoms with van der Waals surface area (Å²) < 4.78 is 14.9. The van der Waals surface area contributed by atoms with Crippen LogP contribution in [0.2, 0.25) is 0 Å². The molecule has 6 nitrogen and oxygen atoms in total. The van der Waals surface area contributed by atoms with Gasteiger partial charge in [0, 0.05) is 13.7 Å². The Morgan fingerprint density at radius 1 is 1.24 bits per heavy atom. The van der Waals surface area contributed by atoms with E-state index in [9.17, 15) is 9.90 Å². The molecule has 1 aromatic carbocycles. The zero-order valence-electron chi connectivity index (χ0n) is 12.5. The van der Waals surface area contributed by atoms with Crippen LogP contribution in [0.3, 0.4) is 0 Å². The van der Waals surface area contributed by atoms with E-state index in [1.54, 1.807) is 7.11 Å². The maximum Gasteiger partial charge on any atom is 0.327 e. The van der Waals surface area contributed by atoms with Gasteiger partial charge in [0.05, 0.1) is 33.0 Å². The van der Waals surface area contributed by atoms with Crippen LogP contribution in [0, 0.1) is 0 Å². The molecule has 0 saturated heterocycles. The van der Waals surface area contributed by atoms with Gasteiger partial charge in [-0.15, -0.1) is 0 Å². The number of nitrogens with one attached hydrogen (secondary N) is 1. The third-order valence-electron chi connectivity index (χ3n) is 2.87. The Kier molecular flexibility index (Phi) is 8.61. The molecule has 0 saturated carbocycles. The van der Waals surface area contributed by atoms with Crippen LogP contribution in [0.15, 0.2) is 30.3 Å². The highest BCUT2D eigenvalue weighted by atomic mass is 16.5. The van der Waals surface area contributed by atoms with Gasteiger partial charge in [-0.1, -0.05) is 30.3 Å². The van der Waals surface area contributed by atoms with Crippen molar-refractivity contribution in [2.45, 2.75) is 12.1 Å². The van der Waals surface area contributed by atoms with E-state index in [0.29, 0.717) is 13.2 Å². The summed E-state index contributed by atoms with van der Waals surface area (Å²) in [5, 5.41) is 12.8. The van der Waals surface area contributed by atoms with Crippen LogP contribution in [0.5, 0.6) is 0 Å². The molecule has 2 N–H and O–H groups in total. The second-order valence-electron chi connectivity index (χ2n) is 4.50. The first kappa shape index (κ1) is 17.6. The fraction of sp³-hybridized carbons (Fsp3) is 0.533. The van der Waals surface area contributed by atoms with Crippen molar-refractivity contribution >= 4 is 5.97 Å². The first-order valence-electron chi connectivity index (χ1n) is 6.80. The Balaban J connectivity index is 2.45. The highest BCUT2D eigenvalue weighted by molar-refractivity contribution is 5.77. The number of hydrogen-bond donors (Lipinski definition) is 2. The van der Waals surface area contributed by atoms with E-state index in [1.165, 1.54) is 7.11 Å². The number of aliphatic hydroxyl groups is 1. The molecule has 2 unspecified atom stereocenters. The number of hydrogen-bond acceptors (Lipinski definition) is 6. The number of esters is 1. The second kappa shape index (κ2) is 10.3. The van der Waals surface area contributed by atoms with Gasteiger partial charge in [0.15, 0.2) is 0 Å². The largest absolute Gasteiger partial charge is 0.468 e. The molecule has 6 heteroatoms. The van der Waals surface area contributed by atoms with Gasteiger partial charge < -0.3 is 19.3 Å². The summed E-state index contributed by atoms with van der Waals surface area (Å²) in [5.41, 5.74) is 0.789. The van der Waals surface area contributed by atoms with Crippen molar-refractivity contribution < 1.29 is 24.1 Å². The Hall–Kier alpha value is -1.47. The summed E-state index contributed by atoms with van der Waals surface area (Å²) in [6.07, 6.45) is -0.710. The fourth-order valence-corrected chi connectivity index (χ4v) is 1.78. The smallest absolute Gasteiger partial charge is 0.327 e. The Morgan fingerprint density at radius 3 is 2.57 bits per heavy atom. The molecule has 1 aromatic rings. The molecule has 2 atom stereocenters. The number of rotatable bonds is 10. The average Bonchev–Trinajstić information content (AvgIpc) is 2.52. The predicted molar refractivity (Wildman–Crippen MR) is 77.9 cm³/mol. The van der Waals surface area contributed by atoms with E-state index >= 15 is 0 Å². The van der Waals surface area contributed by atoms with Gasteiger partial charge in [-0.3, -0.25) is 5.32 Å². The Morgan fingerprint density at radius 2 is 1.95 bits per heavy atom. The lowest BCUT2D eigenvalue weighted by molar-refractivity contribution is -0.143. The molecule has 21 heavy (non-hydrogen) atoms. The van der Waals surface area contributed by atoms with Crippen molar-refractivity contribution in [3.05, 3.63) is 35.9 Å². The third-order valence-corrected chi connectivity index (χ3v) is 2.87. The number of methoxy groups -OCH3 is 2. The second-order valence-corrected chi connectivity index (χ2v) is 4.50. The number of benzene rings is 1. The molecule has 0 aliphatic rings. The molecule has 0 aliphatic heterocycles. The molecule has 0 fully saturated rings. The molecule has 0 spiro atoms. The zero-order chi connectivity index (χ0) is 15.5. The van der Waals surface area contributed by atoms with Crippen molar-refractivity contribution in [1.29, 1.82) is 0 Å². The van der Waals surface area contributed by atoms with Crippen molar-refractivity contribution in [3.8, 4) is 0 Å². The first-order chi connectivity index (χ1) is 10.2. The summed E-state index contributed by atoms with van der Waals surface area (Å²) >= 11 is 0. The summed E-state index contributed by atoms with van der Waals surface area (Å²) in [7, 11) is 2.92. The maximum atomic E-state index is 11.8. The lowest BCUT2D eigenvalue weighted by atomic mass is 10.1. The average molecular weight is 297 g/mol. The van der Waals surface area contributed by atoms with Gasteiger partial charge in [0.2, 0.25) is 0 Å². The van der Waals surface area contributed by atoms with Gasteiger partial charge in [-0.05, 0) is 5.56 Å². The van der Waals surface area contributed by atoms with Crippen LogP contribution in [0.4, 0.5) is 0 Å². The highest BCUT2D eigenvalue weighted by Gasteiger charge is 2.21. The molecule has 0 aromatic heterocycles. The van der Waals surface area contributed by atoms with Crippen LogP contribution >= 0.6 is 0 Å². The summed E-state index contributed by atoms with van der Waals surface area (Å²) in [5.74, 6) is -0.395. The zero-order valence-corrected chi connectivity index (χ0v) is 12.5. The highest BCUT2D eigenvalue weighted by Crippen LogP contribution is 2.13. The lowest BCUT2D eigenvalue weighted by Crippen LogP contribution is -2.37. The van der Waals surface area contributed by atoms with Crippen molar-refractivity contribution in [1.82, 2.24) is 5.32 Å². The number of ether oxygens (including phenoxy) is 3. The minimum absolute atomic E-state index is 0.180. The minimum atomic E-state index is -0.710. The molecule has 1 rings (SSSR count). The van der Waals surface area contributed by atoms with Crippen LogP contribution < -0.4 is 5.32 Å². The molecule has 0 bridgehead atoms. The quantitative estimate of drug-likeness (QED) is 0.484. The first-order valence-corrected chi connectivity index (χ1v) is 6.80.